The molecule has 64 valence electrons. The van der Waals surface area contributed by atoms with Crippen LogP contribution in [0, 0.1) is 0 Å². The van der Waals surface area contributed by atoms with Gasteiger partial charge in [-0.2, -0.15) is 0 Å². The van der Waals surface area contributed by atoms with Crippen LogP contribution < -0.4 is 0 Å². The lowest BCUT2D eigenvalue weighted by Crippen LogP contribution is -1.93. The Morgan fingerprint density at radius 1 is 1.27 bits per heavy atom. The second-order valence-electron chi connectivity index (χ2n) is 2.16. The molecule has 0 heterocycles. The fourth-order valence-corrected chi connectivity index (χ4v) is 1.17. The fourth-order valence-electron chi connectivity index (χ4n) is 0.802. The first-order chi connectivity index (χ1) is 5.35. The van der Waals surface area contributed by atoms with Crippen LogP contribution in [0.3, 0.4) is 0 Å². The highest BCUT2D eigenvalue weighted by Crippen LogP contribution is 2.07. The molecule has 0 radical (unpaired) electrons. The summed E-state index contributed by atoms with van der Waals surface area (Å²) in [5.74, 6) is 0. The number of allylic oxidation sites excluding steroid dienone is 1. The van der Waals surface area contributed by atoms with Crippen LogP contribution >= 0.6 is 8.46 Å². The number of hydrogen-bond donors (Lipinski definition) is 2. The van der Waals surface area contributed by atoms with E-state index < -0.39 is 0 Å². The Kier molecular flexibility index (Phi) is 7.69. The van der Waals surface area contributed by atoms with E-state index in [0.717, 1.165) is 5.57 Å². The third-order valence-corrected chi connectivity index (χ3v) is 1.71. The van der Waals surface area contributed by atoms with E-state index in [9.17, 15) is 4.57 Å². The van der Waals surface area contributed by atoms with Crippen molar-refractivity contribution in [2.75, 3.05) is 19.4 Å². The molecule has 0 saturated carbocycles. The Balaban J connectivity index is 3.74. The molecule has 0 fully saturated rings. The average molecular weight is 177 g/mol. The molecular weight excluding hydrogens is 163 g/mol. The number of aliphatic hydroxyl groups excluding tert-OH is 2. The van der Waals surface area contributed by atoms with Gasteiger partial charge in [-0.25, -0.2) is 0 Å². The van der Waals surface area contributed by atoms with Crippen molar-refractivity contribution in [2.24, 2.45) is 0 Å². The maximum Gasteiger partial charge on any atom is 0.328 e. The van der Waals surface area contributed by atoms with Crippen LogP contribution in [0.15, 0.2) is 11.6 Å². The van der Waals surface area contributed by atoms with E-state index in [1.165, 1.54) is 0 Å². The van der Waals surface area contributed by atoms with E-state index in [0.29, 0.717) is 19.0 Å². The minimum atomic E-state index is -0.330. The van der Waals surface area contributed by atoms with Gasteiger partial charge in [-0.05, 0) is 18.9 Å². The number of aliphatic hydroxyl groups is 2. The molecule has 0 aromatic heterocycles. The van der Waals surface area contributed by atoms with Gasteiger partial charge in [0.25, 0.3) is 0 Å². The van der Waals surface area contributed by atoms with Crippen LogP contribution in [-0.4, -0.2) is 29.6 Å². The van der Waals surface area contributed by atoms with Crippen molar-refractivity contribution in [3.8, 4) is 0 Å². The van der Waals surface area contributed by atoms with E-state index in [1.807, 2.05) is 6.08 Å². The maximum absolute atomic E-state index is 10.1. The Morgan fingerprint density at radius 3 is 2.18 bits per heavy atom. The zero-order valence-electron chi connectivity index (χ0n) is 6.42. The topological polar surface area (TPSA) is 57.5 Å². The van der Waals surface area contributed by atoms with Gasteiger partial charge in [0.15, 0.2) is 6.16 Å². The molecule has 11 heavy (non-hydrogen) atoms. The summed E-state index contributed by atoms with van der Waals surface area (Å²) in [6, 6.07) is 0. The third kappa shape index (κ3) is 6.17. The quantitative estimate of drug-likeness (QED) is 0.464. The zero-order valence-corrected chi connectivity index (χ0v) is 7.42. The van der Waals surface area contributed by atoms with Gasteiger partial charge in [-0.3, -0.25) is 0 Å². The smallest absolute Gasteiger partial charge is 0.328 e. The minimum Gasteiger partial charge on any atom is -0.396 e. The van der Waals surface area contributed by atoms with Crippen LogP contribution in [0.2, 0.25) is 0 Å². The number of hydrogen-bond acceptors (Lipinski definition) is 3. The SMILES string of the molecule is O=[PH+]CC=C(CCO)CCO. The van der Waals surface area contributed by atoms with Crippen molar-refractivity contribution in [1.29, 1.82) is 0 Å². The van der Waals surface area contributed by atoms with E-state index in [4.69, 9.17) is 10.2 Å². The van der Waals surface area contributed by atoms with Crippen molar-refractivity contribution < 1.29 is 14.8 Å². The fraction of sp³-hybridized carbons (Fsp3) is 0.714. The molecule has 0 saturated heterocycles. The van der Waals surface area contributed by atoms with Gasteiger partial charge in [-0.1, -0.05) is 10.1 Å². The molecule has 2 N–H and O–H groups in total. The molecule has 0 amide bonds. The molecule has 1 unspecified atom stereocenters. The molecule has 0 spiro atoms. The van der Waals surface area contributed by atoms with Crippen molar-refractivity contribution in [1.82, 2.24) is 0 Å². The lowest BCUT2D eigenvalue weighted by Gasteiger charge is -1.99. The van der Waals surface area contributed by atoms with Crippen LogP contribution in [-0.2, 0) is 4.57 Å². The second kappa shape index (κ2) is 7.86. The van der Waals surface area contributed by atoms with Crippen LogP contribution in [0.5, 0.6) is 0 Å². The summed E-state index contributed by atoms with van der Waals surface area (Å²) in [5.41, 5.74) is 0.985. The molecule has 4 heteroatoms. The number of rotatable bonds is 6. The van der Waals surface area contributed by atoms with E-state index >= 15 is 0 Å². The summed E-state index contributed by atoms with van der Waals surface area (Å²) >= 11 is 0. The molecule has 0 aliphatic carbocycles. The first-order valence-corrected chi connectivity index (χ1v) is 4.71. The van der Waals surface area contributed by atoms with Gasteiger partial charge in [0.2, 0.25) is 0 Å². The normalized spacial score (nSPS) is 10.0. The maximum atomic E-state index is 10.1. The lowest BCUT2D eigenvalue weighted by molar-refractivity contribution is 0.280. The third-order valence-electron chi connectivity index (χ3n) is 1.34. The van der Waals surface area contributed by atoms with E-state index in [2.05, 4.69) is 0 Å². The molecule has 0 rings (SSSR count). The first-order valence-electron chi connectivity index (χ1n) is 3.59. The Labute approximate surface area is 67.9 Å². The standard InChI is InChI=1S/C7H13O3P/c8-4-1-7(2-5-9)3-6-11-10/h3,8-9H,1-2,4-6H2/p+1. The summed E-state index contributed by atoms with van der Waals surface area (Å²) < 4.78 is 10.1. The first kappa shape index (κ1) is 10.8. The van der Waals surface area contributed by atoms with Gasteiger partial charge in [0, 0.05) is 13.2 Å². The van der Waals surface area contributed by atoms with Crippen molar-refractivity contribution >= 4 is 8.46 Å². The summed E-state index contributed by atoms with van der Waals surface area (Å²) in [7, 11) is -0.330. The van der Waals surface area contributed by atoms with Crippen LogP contribution in [0.4, 0.5) is 0 Å². The highest BCUT2D eigenvalue weighted by Gasteiger charge is 1.96. The Bertz CT molecular complexity index is 126. The summed E-state index contributed by atoms with van der Waals surface area (Å²) in [6.45, 7) is 0.182. The van der Waals surface area contributed by atoms with Crippen molar-refractivity contribution in [3.05, 3.63) is 11.6 Å². The van der Waals surface area contributed by atoms with E-state index in [-0.39, 0.29) is 21.7 Å². The Morgan fingerprint density at radius 2 is 1.82 bits per heavy atom. The van der Waals surface area contributed by atoms with Gasteiger partial charge < -0.3 is 10.2 Å². The molecular formula is C7H14O3P+. The van der Waals surface area contributed by atoms with Gasteiger partial charge in [0.1, 0.15) is 0 Å². The van der Waals surface area contributed by atoms with Gasteiger partial charge in [-0.15, -0.1) is 0 Å². The monoisotopic (exact) mass is 177 g/mol. The predicted molar refractivity (Wildman–Crippen MR) is 45.4 cm³/mol. The minimum absolute atomic E-state index is 0.0911. The van der Waals surface area contributed by atoms with Crippen LogP contribution in [0.25, 0.3) is 0 Å². The van der Waals surface area contributed by atoms with Crippen molar-refractivity contribution in [3.63, 3.8) is 0 Å². The van der Waals surface area contributed by atoms with Crippen LogP contribution in [0.1, 0.15) is 12.8 Å². The zero-order chi connectivity index (χ0) is 8.53. The molecule has 0 bridgehead atoms. The van der Waals surface area contributed by atoms with Gasteiger partial charge in [0.05, 0.1) is 0 Å². The predicted octanol–water partition coefficient (Wildman–Crippen LogP) is 0.702. The highest BCUT2D eigenvalue weighted by molar-refractivity contribution is 7.23. The summed E-state index contributed by atoms with van der Waals surface area (Å²) in [6.07, 6.45) is 3.49. The lowest BCUT2D eigenvalue weighted by atomic mass is 10.1. The highest BCUT2D eigenvalue weighted by atomic mass is 31.1. The second-order valence-corrected chi connectivity index (χ2v) is 2.85. The summed E-state index contributed by atoms with van der Waals surface area (Å²) in [5, 5.41) is 17.1. The van der Waals surface area contributed by atoms with Crippen molar-refractivity contribution in [2.45, 2.75) is 12.8 Å². The van der Waals surface area contributed by atoms with Gasteiger partial charge >= 0.3 is 8.46 Å². The molecule has 0 aliphatic rings. The average Bonchev–Trinajstić information content (AvgIpc) is 2.01. The molecule has 3 nitrogen and oxygen atoms in total. The molecule has 0 aromatic rings. The summed E-state index contributed by atoms with van der Waals surface area (Å²) in [4.78, 5) is 0. The molecule has 0 aromatic carbocycles. The van der Waals surface area contributed by atoms with E-state index in [1.54, 1.807) is 0 Å². The Hall–Kier alpha value is -0.240. The largest absolute Gasteiger partial charge is 0.396 e. The molecule has 0 aliphatic heterocycles. The molecule has 1 atom stereocenters.